The number of ketones is 1. The first-order chi connectivity index (χ1) is 12.6. The zero-order valence-corrected chi connectivity index (χ0v) is 16.4. The SMILES string of the molecule is CC[C@](C)(OCCC(C)C)C(=O)c1ccc(N(CC(=O)O)CC(=O)O)cc1. The van der Waals surface area contributed by atoms with Gasteiger partial charge in [0.25, 0.3) is 0 Å². The van der Waals surface area contributed by atoms with Gasteiger partial charge in [0.1, 0.15) is 18.7 Å². The quantitative estimate of drug-likeness (QED) is 0.538. The van der Waals surface area contributed by atoms with Crippen LogP contribution in [0.3, 0.4) is 0 Å². The van der Waals surface area contributed by atoms with E-state index in [9.17, 15) is 14.4 Å². The number of ether oxygens (including phenoxy) is 1. The molecule has 0 unspecified atom stereocenters. The summed E-state index contributed by atoms with van der Waals surface area (Å²) in [7, 11) is 0. The lowest BCUT2D eigenvalue weighted by Crippen LogP contribution is -2.38. The Morgan fingerprint density at radius 1 is 1.07 bits per heavy atom. The van der Waals surface area contributed by atoms with Crippen molar-refractivity contribution < 1.29 is 29.3 Å². The molecule has 0 fully saturated rings. The van der Waals surface area contributed by atoms with E-state index >= 15 is 0 Å². The lowest BCUT2D eigenvalue weighted by Gasteiger charge is -2.28. The third-order valence-corrected chi connectivity index (χ3v) is 4.42. The zero-order chi connectivity index (χ0) is 20.6. The van der Waals surface area contributed by atoms with Crippen molar-refractivity contribution in [1.29, 1.82) is 0 Å². The molecule has 150 valence electrons. The Morgan fingerprint density at radius 2 is 1.59 bits per heavy atom. The fourth-order valence-electron chi connectivity index (χ4n) is 2.54. The fraction of sp³-hybridized carbons (Fsp3) is 0.550. The van der Waals surface area contributed by atoms with Gasteiger partial charge >= 0.3 is 11.9 Å². The molecule has 0 aliphatic rings. The van der Waals surface area contributed by atoms with E-state index in [0.717, 1.165) is 6.42 Å². The van der Waals surface area contributed by atoms with Crippen LogP contribution in [0, 0.1) is 5.92 Å². The molecule has 1 aromatic carbocycles. The predicted molar refractivity (Wildman–Crippen MR) is 102 cm³/mol. The average Bonchev–Trinajstić information content (AvgIpc) is 2.59. The molecule has 0 spiro atoms. The van der Waals surface area contributed by atoms with Crippen molar-refractivity contribution in [1.82, 2.24) is 0 Å². The Bertz CT molecular complexity index is 639. The second-order valence-corrected chi connectivity index (χ2v) is 7.13. The first-order valence-electron chi connectivity index (χ1n) is 9.06. The smallest absolute Gasteiger partial charge is 0.323 e. The second-order valence-electron chi connectivity index (χ2n) is 7.13. The van der Waals surface area contributed by atoms with Gasteiger partial charge < -0.3 is 19.8 Å². The number of anilines is 1. The van der Waals surface area contributed by atoms with Crippen molar-refractivity contribution in [3.05, 3.63) is 29.8 Å². The van der Waals surface area contributed by atoms with Crippen LogP contribution in [0.25, 0.3) is 0 Å². The van der Waals surface area contributed by atoms with E-state index in [0.29, 0.717) is 30.2 Å². The van der Waals surface area contributed by atoms with Gasteiger partial charge in [-0.3, -0.25) is 14.4 Å². The molecular formula is C20H29NO6. The molecule has 1 atom stereocenters. The van der Waals surface area contributed by atoms with Gasteiger partial charge in [0.05, 0.1) is 0 Å². The highest BCUT2D eigenvalue weighted by molar-refractivity contribution is 6.02. The minimum absolute atomic E-state index is 0.150. The van der Waals surface area contributed by atoms with Crippen LogP contribution in [0.4, 0.5) is 5.69 Å². The first kappa shape index (κ1) is 22.6. The molecule has 7 nitrogen and oxygen atoms in total. The van der Waals surface area contributed by atoms with E-state index in [2.05, 4.69) is 13.8 Å². The molecule has 0 aliphatic heterocycles. The Morgan fingerprint density at radius 3 is 2.00 bits per heavy atom. The predicted octanol–water partition coefficient (Wildman–Crippen LogP) is 3.08. The number of aliphatic carboxylic acids is 2. The van der Waals surface area contributed by atoms with E-state index < -0.39 is 30.6 Å². The van der Waals surface area contributed by atoms with Gasteiger partial charge in [0.2, 0.25) is 0 Å². The van der Waals surface area contributed by atoms with Gasteiger partial charge in [-0.05, 0) is 49.9 Å². The number of carbonyl (C=O) groups is 3. The molecular weight excluding hydrogens is 350 g/mol. The van der Waals surface area contributed by atoms with Crippen LogP contribution < -0.4 is 4.90 Å². The third kappa shape index (κ3) is 7.02. The summed E-state index contributed by atoms with van der Waals surface area (Å²) in [5.41, 5.74) is -0.0633. The highest BCUT2D eigenvalue weighted by atomic mass is 16.5. The van der Waals surface area contributed by atoms with Gasteiger partial charge in [-0.25, -0.2) is 0 Å². The lowest BCUT2D eigenvalue weighted by molar-refractivity contribution is -0.136. The molecule has 2 N–H and O–H groups in total. The van der Waals surface area contributed by atoms with E-state index in [1.54, 1.807) is 31.2 Å². The van der Waals surface area contributed by atoms with Gasteiger partial charge in [0.15, 0.2) is 5.78 Å². The summed E-state index contributed by atoms with van der Waals surface area (Å²) in [5.74, 6) is -1.93. The largest absolute Gasteiger partial charge is 0.480 e. The third-order valence-electron chi connectivity index (χ3n) is 4.42. The van der Waals surface area contributed by atoms with Crippen molar-refractivity contribution in [2.45, 2.75) is 46.1 Å². The summed E-state index contributed by atoms with van der Waals surface area (Å²) in [6.45, 7) is 7.46. The van der Waals surface area contributed by atoms with Crippen LogP contribution in [-0.4, -0.2) is 53.2 Å². The highest BCUT2D eigenvalue weighted by Crippen LogP contribution is 2.24. The van der Waals surface area contributed by atoms with E-state index in [4.69, 9.17) is 14.9 Å². The molecule has 0 aliphatic carbocycles. The summed E-state index contributed by atoms with van der Waals surface area (Å²) in [4.78, 5) is 36.0. The molecule has 1 aromatic rings. The number of nitrogens with zero attached hydrogens (tertiary/aromatic N) is 1. The number of rotatable bonds is 12. The summed E-state index contributed by atoms with van der Waals surface area (Å²) in [5, 5.41) is 17.9. The van der Waals surface area contributed by atoms with Crippen LogP contribution in [0.1, 0.15) is 50.9 Å². The summed E-state index contributed by atoms with van der Waals surface area (Å²) in [6.07, 6.45) is 1.39. The Labute approximate surface area is 159 Å². The number of Topliss-reactive ketones (excluding diaryl/α,β-unsaturated/α-hetero) is 1. The van der Waals surface area contributed by atoms with Crippen molar-refractivity contribution in [2.24, 2.45) is 5.92 Å². The minimum Gasteiger partial charge on any atom is -0.480 e. The normalized spacial score (nSPS) is 13.2. The van der Waals surface area contributed by atoms with Gasteiger partial charge in [0, 0.05) is 17.9 Å². The Hall–Kier alpha value is -2.41. The molecule has 0 saturated heterocycles. The van der Waals surface area contributed by atoms with E-state index in [1.807, 2.05) is 6.92 Å². The number of hydrogen-bond donors (Lipinski definition) is 2. The zero-order valence-electron chi connectivity index (χ0n) is 16.4. The second kappa shape index (κ2) is 10.1. The molecule has 0 saturated carbocycles. The van der Waals surface area contributed by atoms with Crippen LogP contribution in [0.2, 0.25) is 0 Å². The molecule has 27 heavy (non-hydrogen) atoms. The summed E-state index contributed by atoms with van der Waals surface area (Å²) >= 11 is 0. The fourth-order valence-corrected chi connectivity index (χ4v) is 2.54. The van der Waals surface area contributed by atoms with Gasteiger partial charge in [-0.15, -0.1) is 0 Å². The number of hydrogen-bond acceptors (Lipinski definition) is 5. The minimum atomic E-state index is -1.13. The molecule has 0 radical (unpaired) electrons. The van der Waals surface area contributed by atoms with Crippen molar-refractivity contribution in [2.75, 3.05) is 24.6 Å². The van der Waals surface area contributed by atoms with E-state index in [1.165, 1.54) is 4.90 Å². The maximum Gasteiger partial charge on any atom is 0.323 e. The molecule has 7 heteroatoms. The first-order valence-corrected chi connectivity index (χ1v) is 9.06. The molecule has 0 heterocycles. The molecule has 0 bridgehead atoms. The summed E-state index contributed by atoms with van der Waals surface area (Å²) in [6, 6.07) is 6.27. The molecule has 1 rings (SSSR count). The Kier molecular flexibility index (Phi) is 8.43. The number of carbonyl (C=O) groups excluding carboxylic acids is 1. The maximum absolute atomic E-state index is 12.9. The van der Waals surface area contributed by atoms with Crippen molar-refractivity contribution in [3.8, 4) is 0 Å². The van der Waals surface area contributed by atoms with Crippen LogP contribution in [-0.2, 0) is 14.3 Å². The van der Waals surface area contributed by atoms with Crippen LogP contribution in [0.15, 0.2) is 24.3 Å². The Balaban J connectivity index is 2.95. The number of carboxylic acid groups (broad SMARTS) is 2. The molecule has 0 aromatic heterocycles. The van der Waals surface area contributed by atoms with Gasteiger partial charge in [-0.2, -0.15) is 0 Å². The molecule has 0 amide bonds. The number of benzene rings is 1. The lowest BCUT2D eigenvalue weighted by atomic mass is 9.91. The maximum atomic E-state index is 12.9. The monoisotopic (exact) mass is 379 g/mol. The number of carboxylic acids is 2. The van der Waals surface area contributed by atoms with Gasteiger partial charge in [-0.1, -0.05) is 20.8 Å². The topological polar surface area (TPSA) is 104 Å². The van der Waals surface area contributed by atoms with Crippen molar-refractivity contribution in [3.63, 3.8) is 0 Å². The summed E-state index contributed by atoms with van der Waals surface area (Å²) < 4.78 is 5.87. The highest BCUT2D eigenvalue weighted by Gasteiger charge is 2.33. The van der Waals surface area contributed by atoms with Crippen molar-refractivity contribution >= 4 is 23.4 Å². The van der Waals surface area contributed by atoms with Crippen LogP contribution >= 0.6 is 0 Å². The standard InChI is InChI=1S/C20H29NO6/c1-5-20(4,27-11-10-14(2)3)19(26)15-6-8-16(9-7-15)21(12-17(22)23)13-18(24)25/h6-9,14H,5,10-13H2,1-4H3,(H,22,23)(H,24,25)/t20-/m0/s1. The average molecular weight is 379 g/mol. The van der Waals surface area contributed by atoms with E-state index in [-0.39, 0.29) is 5.78 Å². The van der Waals surface area contributed by atoms with Crippen LogP contribution in [0.5, 0.6) is 0 Å².